The lowest BCUT2D eigenvalue weighted by Gasteiger charge is -2.12. The number of hydrogen-bond donors (Lipinski definition) is 2. The molecule has 0 radical (unpaired) electrons. The van der Waals surface area contributed by atoms with E-state index in [1.807, 2.05) is 6.92 Å². The van der Waals surface area contributed by atoms with Crippen molar-refractivity contribution in [2.24, 2.45) is 0 Å². The summed E-state index contributed by atoms with van der Waals surface area (Å²) in [5.74, 6) is 0.386. The van der Waals surface area contributed by atoms with Crippen molar-refractivity contribution in [2.45, 2.75) is 24.8 Å². The maximum atomic E-state index is 12.4. The van der Waals surface area contributed by atoms with E-state index in [0.717, 1.165) is 0 Å². The Morgan fingerprint density at radius 2 is 2.08 bits per heavy atom. The molecule has 0 spiro atoms. The largest absolute Gasteiger partial charge is 0.495 e. The molecule has 0 saturated heterocycles. The van der Waals surface area contributed by atoms with Crippen molar-refractivity contribution in [3.8, 4) is 5.75 Å². The minimum atomic E-state index is -3.75. The molecule has 0 unspecified atom stereocenters. The number of hydrogen-bond acceptors (Lipinski definition) is 5. The Morgan fingerprint density at radius 1 is 1.29 bits per heavy atom. The fourth-order valence-corrected chi connectivity index (χ4v) is 3.35. The van der Waals surface area contributed by atoms with E-state index >= 15 is 0 Å². The monoisotopic (exact) mass is 352 g/mol. The van der Waals surface area contributed by atoms with Crippen LogP contribution in [0.1, 0.15) is 29.5 Å². The zero-order chi connectivity index (χ0) is 17.6. The normalized spacial score (nSPS) is 11.2. The van der Waals surface area contributed by atoms with Gasteiger partial charge in [0.2, 0.25) is 10.0 Å². The molecular formula is C16H20N2O5S. The molecule has 24 heavy (non-hydrogen) atoms. The van der Waals surface area contributed by atoms with Gasteiger partial charge < -0.3 is 14.5 Å². The maximum Gasteiger partial charge on any atom is 0.251 e. The van der Waals surface area contributed by atoms with Gasteiger partial charge in [0.25, 0.3) is 5.91 Å². The number of carbonyl (C=O) groups is 1. The fourth-order valence-electron chi connectivity index (χ4n) is 2.02. The minimum absolute atomic E-state index is 0.0656. The van der Waals surface area contributed by atoms with E-state index in [1.54, 1.807) is 12.1 Å². The van der Waals surface area contributed by atoms with Crippen LogP contribution < -0.4 is 14.8 Å². The van der Waals surface area contributed by atoms with Crippen LogP contribution in [0.25, 0.3) is 0 Å². The summed E-state index contributed by atoms with van der Waals surface area (Å²) in [7, 11) is -2.37. The molecule has 8 heteroatoms. The van der Waals surface area contributed by atoms with Crippen molar-refractivity contribution in [2.75, 3.05) is 13.7 Å². The molecule has 1 amide bonds. The third kappa shape index (κ3) is 4.36. The number of furan rings is 1. The highest BCUT2D eigenvalue weighted by Gasteiger charge is 2.21. The number of methoxy groups -OCH3 is 1. The van der Waals surface area contributed by atoms with Crippen molar-refractivity contribution in [1.82, 2.24) is 10.0 Å². The quantitative estimate of drug-likeness (QED) is 0.756. The van der Waals surface area contributed by atoms with E-state index in [-0.39, 0.29) is 22.8 Å². The maximum absolute atomic E-state index is 12.4. The topological polar surface area (TPSA) is 97.6 Å². The molecule has 2 aromatic rings. The second-order valence-corrected chi connectivity index (χ2v) is 6.76. The summed E-state index contributed by atoms with van der Waals surface area (Å²) in [4.78, 5) is 12.2. The molecular weight excluding hydrogens is 332 g/mol. The number of ether oxygens (including phenoxy) is 1. The standard InChI is InChI=1S/C16H20N2O5S/c1-3-8-18-24(20,21)15-10-12(6-7-14(15)22-2)16(19)17-11-13-5-4-9-23-13/h4-7,9-10,18H,3,8,11H2,1-2H3,(H,17,19). The van der Waals surface area contributed by atoms with E-state index in [4.69, 9.17) is 9.15 Å². The summed E-state index contributed by atoms with van der Waals surface area (Å²) >= 11 is 0. The second-order valence-electron chi connectivity index (χ2n) is 5.03. The Labute approximate surface area is 141 Å². The first-order valence-corrected chi connectivity index (χ1v) is 8.94. The molecule has 0 saturated carbocycles. The van der Waals surface area contributed by atoms with Crippen LogP contribution in [0.15, 0.2) is 45.9 Å². The second kappa shape index (κ2) is 7.98. The van der Waals surface area contributed by atoms with Crippen molar-refractivity contribution >= 4 is 15.9 Å². The van der Waals surface area contributed by atoms with Gasteiger partial charge in [-0.15, -0.1) is 0 Å². The van der Waals surface area contributed by atoms with Gasteiger partial charge in [-0.3, -0.25) is 4.79 Å². The Bertz CT molecular complexity index is 785. The summed E-state index contributed by atoms with van der Waals surface area (Å²) < 4.78 is 37.4. The van der Waals surface area contributed by atoms with Gasteiger partial charge in [-0.05, 0) is 36.8 Å². The highest BCUT2D eigenvalue weighted by atomic mass is 32.2. The van der Waals surface area contributed by atoms with Crippen LogP contribution in [0.5, 0.6) is 5.75 Å². The average molecular weight is 352 g/mol. The molecule has 1 heterocycles. The van der Waals surface area contributed by atoms with Crippen LogP contribution >= 0.6 is 0 Å². The molecule has 1 aromatic heterocycles. The fraction of sp³-hybridized carbons (Fsp3) is 0.312. The van der Waals surface area contributed by atoms with Crippen molar-refractivity contribution in [3.63, 3.8) is 0 Å². The molecule has 2 N–H and O–H groups in total. The van der Waals surface area contributed by atoms with Crippen LogP contribution in [0.4, 0.5) is 0 Å². The summed E-state index contributed by atoms with van der Waals surface area (Å²) in [6.07, 6.45) is 2.17. The highest BCUT2D eigenvalue weighted by Crippen LogP contribution is 2.24. The summed E-state index contributed by atoms with van der Waals surface area (Å²) in [6.45, 7) is 2.38. The average Bonchev–Trinajstić information content (AvgIpc) is 3.10. The van der Waals surface area contributed by atoms with Crippen LogP contribution in [0.3, 0.4) is 0 Å². The van der Waals surface area contributed by atoms with E-state index in [1.165, 1.54) is 31.6 Å². The molecule has 1 aromatic carbocycles. The van der Waals surface area contributed by atoms with Crippen molar-refractivity contribution < 1.29 is 22.4 Å². The number of sulfonamides is 1. The number of nitrogens with one attached hydrogen (secondary N) is 2. The molecule has 0 aliphatic carbocycles. The zero-order valence-electron chi connectivity index (χ0n) is 13.5. The van der Waals surface area contributed by atoms with E-state index in [9.17, 15) is 13.2 Å². The van der Waals surface area contributed by atoms with Crippen molar-refractivity contribution in [3.05, 3.63) is 47.9 Å². The third-order valence-electron chi connectivity index (χ3n) is 3.26. The van der Waals surface area contributed by atoms with Crippen LogP contribution in [-0.4, -0.2) is 28.0 Å². The number of benzene rings is 1. The number of rotatable bonds is 8. The van der Waals surface area contributed by atoms with Gasteiger partial charge in [0.15, 0.2) is 0 Å². The molecule has 130 valence electrons. The lowest BCUT2D eigenvalue weighted by atomic mass is 10.2. The highest BCUT2D eigenvalue weighted by molar-refractivity contribution is 7.89. The van der Waals surface area contributed by atoms with E-state index < -0.39 is 15.9 Å². The van der Waals surface area contributed by atoms with Gasteiger partial charge in [-0.1, -0.05) is 6.92 Å². The van der Waals surface area contributed by atoms with Crippen LogP contribution in [0.2, 0.25) is 0 Å². The van der Waals surface area contributed by atoms with Gasteiger partial charge in [0.1, 0.15) is 16.4 Å². The SMILES string of the molecule is CCCNS(=O)(=O)c1cc(C(=O)NCc2ccco2)ccc1OC. The summed E-state index contributed by atoms with van der Waals surface area (Å²) in [5.41, 5.74) is 0.222. The molecule has 0 fully saturated rings. The number of amides is 1. The van der Waals surface area contributed by atoms with E-state index in [2.05, 4.69) is 10.0 Å². The van der Waals surface area contributed by atoms with Gasteiger partial charge >= 0.3 is 0 Å². The Morgan fingerprint density at radius 3 is 2.71 bits per heavy atom. The van der Waals surface area contributed by atoms with Gasteiger partial charge in [-0.25, -0.2) is 13.1 Å². The first-order chi connectivity index (χ1) is 11.5. The zero-order valence-corrected chi connectivity index (χ0v) is 14.4. The van der Waals surface area contributed by atoms with Crippen molar-refractivity contribution in [1.29, 1.82) is 0 Å². The summed E-state index contributed by atoms with van der Waals surface area (Å²) in [5, 5.41) is 2.67. The summed E-state index contributed by atoms with van der Waals surface area (Å²) in [6, 6.07) is 7.73. The van der Waals surface area contributed by atoms with E-state index in [0.29, 0.717) is 18.7 Å². The van der Waals surface area contributed by atoms with Gasteiger partial charge in [-0.2, -0.15) is 0 Å². The van der Waals surface area contributed by atoms with Gasteiger partial charge in [0, 0.05) is 12.1 Å². The minimum Gasteiger partial charge on any atom is -0.495 e. The van der Waals surface area contributed by atoms with Gasteiger partial charge in [0.05, 0.1) is 19.9 Å². The molecule has 0 bridgehead atoms. The smallest absolute Gasteiger partial charge is 0.251 e. The first kappa shape index (κ1) is 18.0. The third-order valence-corrected chi connectivity index (χ3v) is 4.74. The number of carbonyl (C=O) groups excluding carboxylic acids is 1. The molecule has 2 rings (SSSR count). The Hall–Kier alpha value is -2.32. The predicted octanol–water partition coefficient (Wildman–Crippen LogP) is 1.91. The first-order valence-electron chi connectivity index (χ1n) is 7.46. The Balaban J connectivity index is 2.22. The molecule has 0 atom stereocenters. The van der Waals surface area contributed by atoms with Crippen LogP contribution in [-0.2, 0) is 16.6 Å². The Kier molecular flexibility index (Phi) is 5.99. The molecule has 7 nitrogen and oxygen atoms in total. The lowest BCUT2D eigenvalue weighted by Crippen LogP contribution is -2.26. The van der Waals surface area contributed by atoms with Crippen LogP contribution in [0, 0.1) is 0 Å². The molecule has 0 aliphatic heterocycles. The lowest BCUT2D eigenvalue weighted by molar-refractivity contribution is 0.0948. The predicted molar refractivity (Wildman–Crippen MR) is 88.4 cm³/mol. The molecule has 0 aliphatic rings.